The van der Waals surface area contributed by atoms with Crippen molar-refractivity contribution in [2.24, 2.45) is 17.8 Å². The number of rotatable bonds is 15. The van der Waals surface area contributed by atoms with Crippen molar-refractivity contribution in [3.8, 4) is 17.1 Å². The molecule has 6 rings (SSSR count). The van der Waals surface area contributed by atoms with Gasteiger partial charge in [-0.2, -0.15) is 13.2 Å². The Bertz CT molecular complexity index is 2200. The molecule has 0 bridgehead atoms. The molecule has 14 heteroatoms. The van der Waals surface area contributed by atoms with Gasteiger partial charge in [0, 0.05) is 41.3 Å². The van der Waals surface area contributed by atoms with Gasteiger partial charge in [0.1, 0.15) is 18.3 Å². The molecule has 0 spiro atoms. The molecule has 0 aliphatic heterocycles. The van der Waals surface area contributed by atoms with Gasteiger partial charge in [-0.05, 0) is 110 Å². The van der Waals surface area contributed by atoms with E-state index in [1.807, 2.05) is 24.5 Å². The maximum absolute atomic E-state index is 13.8. The summed E-state index contributed by atoms with van der Waals surface area (Å²) in [6, 6.07) is 15.1. The zero-order valence-electron chi connectivity index (χ0n) is 34.6. The Balaban J connectivity index is 1.10. The number of hydrogen-bond donors (Lipinski definition) is 3. The maximum Gasteiger partial charge on any atom is 0.416 e. The third-order valence-corrected chi connectivity index (χ3v) is 12.0. The molecule has 4 aromatic rings. The standard InChI is InChI=1S/C47H52F3N5O6/c1-4-30-5-9-32(10-6-30)33-13-15-34(16-14-33)38-25-51-44(52-26-38)35-11-7-31(8-12-35)27-55(28-43(57)53-29(2)46(59)60)45(58)36-17-20-39(21-18-36)54-42(56)23-37-19-22-40(61-3)24-41(37)47(48,49)50/h7-8,11-12,15,17-22,24-26,29-30,32-33H,4-6,9-10,13-14,16,23,27-28H2,1-3H3,(H,53,57)(H,54,56)(H,59,60)/t29-,30?,32?,33?/m1/s1. The number of carbonyl (C=O) groups is 4. The van der Waals surface area contributed by atoms with E-state index in [0.717, 1.165) is 47.8 Å². The Hall–Kier alpha value is -6.05. The molecule has 61 heavy (non-hydrogen) atoms. The van der Waals surface area contributed by atoms with Crippen molar-refractivity contribution in [1.29, 1.82) is 0 Å². The summed E-state index contributed by atoms with van der Waals surface area (Å²) in [5.74, 6) is -0.139. The number of halogens is 3. The van der Waals surface area contributed by atoms with Gasteiger partial charge in [0.05, 0.1) is 19.1 Å². The summed E-state index contributed by atoms with van der Waals surface area (Å²) in [5.41, 5.74) is 2.93. The number of carbonyl (C=O) groups excluding carboxylic acids is 3. The molecular formula is C47H52F3N5O6. The largest absolute Gasteiger partial charge is 0.497 e. The molecule has 2 atom stereocenters. The predicted octanol–water partition coefficient (Wildman–Crippen LogP) is 8.98. The zero-order valence-corrected chi connectivity index (χ0v) is 34.6. The van der Waals surface area contributed by atoms with Crippen molar-refractivity contribution >= 4 is 35.0 Å². The van der Waals surface area contributed by atoms with E-state index in [4.69, 9.17) is 4.74 Å². The highest BCUT2D eigenvalue weighted by molar-refractivity contribution is 5.98. The zero-order chi connectivity index (χ0) is 43.7. The second-order valence-corrected chi connectivity index (χ2v) is 16.1. The van der Waals surface area contributed by atoms with Crippen LogP contribution in [0.4, 0.5) is 18.9 Å². The number of ether oxygens (including phenoxy) is 1. The lowest BCUT2D eigenvalue weighted by Gasteiger charge is -2.35. The molecule has 2 aliphatic rings. The lowest BCUT2D eigenvalue weighted by Crippen LogP contribution is -2.45. The van der Waals surface area contributed by atoms with E-state index >= 15 is 0 Å². The lowest BCUT2D eigenvalue weighted by atomic mass is 9.71. The molecule has 3 N–H and O–H groups in total. The normalized spacial score (nSPS) is 18.3. The number of carboxylic acid groups (broad SMARTS) is 1. The number of hydrogen-bond acceptors (Lipinski definition) is 7. The van der Waals surface area contributed by atoms with Crippen LogP contribution in [-0.4, -0.2) is 63.4 Å². The fraction of sp³-hybridized carbons (Fsp3) is 0.404. The second kappa shape index (κ2) is 20.0. The van der Waals surface area contributed by atoms with Gasteiger partial charge >= 0.3 is 12.1 Å². The number of anilines is 1. The average Bonchev–Trinajstić information content (AvgIpc) is 3.26. The monoisotopic (exact) mass is 839 g/mol. The van der Waals surface area contributed by atoms with E-state index in [1.54, 1.807) is 12.1 Å². The molecule has 11 nitrogen and oxygen atoms in total. The van der Waals surface area contributed by atoms with Gasteiger partial charge in [0.2, 0.25) is 11.8 Å². The van der Waals surface area contributed by atoms with Crippen molar-refractivity contribution in [3.05, 3.63) is 113 Å². The van der Waals surface area contributed by atoms with Gasteiger partial charge in [-0.1, -0.05) is 62.6 Å². The van der Waals surface area contributed by atoms with E-state index in [2.05, 4.69) is 33.6 Å². The van der Waals surface area contributed by atoms with Crippen molar-refractivity contribution < 1.29 is 42.2 Å². The summed E-state index contributed by atoms with van der Waals surface area (Å²) in [4.78, 5) is 61.5. The summed E-state index contributed by atoms with van der Waals surface area (Å²) < 4.78 is 45.9. The van der Waals surface area contributed by atoms with Crippen LogP contribution in [0, 0.1) is 17.8 Å². The van der Waals surface area contributed by atoms with Gasteiger partial charge in [0.25, 0.3) is 5.91 Å². The number of alkyl halides is 3. The molecule has 1 heterocycles. The first kappa shape index (κ1) is 44.5. The molecule has 3 amide bonds. The van der Waals surface area contributed by atoms with Crippen molar-refractivity contribution in [1.82, 2.24) is 20.2 Å². The predicted molar refractivity (Wildman–Crippen MR) is 225 cm³/mol. The number of carboxylic acids is 1. The van der Waals surface area contributed by atoms with Gasteiger partial charge in [-0.15, -0.1) is 0 Å². The molecule has 1 fully saturated rings. The van der Waals surface area contributed by atoms with Crippen LogP contribution in [0.5, 0.6) is 5.75 Å². The third kappa shape index (κ3) is 11.8. The molecule has 0 radical (unpaired) electrons. The Morgan fingerprint density at radius 3 is 2.16 bits per heavy atom. The Labute approximate surface area is 353 Å². The van der Waals surface area contributed by atoms with Gasteiger partial charge in [-0.25, -0.2) is 9.97 Å². The minimum atomic E-state index is -4.70. The molecular weight excluding hydrogens is 788 g/mol. The van der Waals surface area contributed by atoms with Crippen LogP contribution in [0.15, 0.2) is 85.2 Å². The van der Waals surface area contributed by atoms with E-state index in [1.165, 1.54) is 99.4 Å². The highest BCUT2D eigenvalue weighted by Crippen LogP contribution is 2.42. The van der Waals surface area contributed by atoms with Gasteiger partial charge < -0.3 is 25.4 Å². The van der Waals surface area contributed by atoms with Gasteiger partial charge in [-0.3, -0.25) is 19.2 Å². The number of benzene rings is 3. The first-order valence-corrected chi connectivity index (χ1v) is 20.8. The average molecular weight is 840 g/mol. The Morgan fingerprint density at radius 1 is 0.885 bits per heavy atom. The fourth-order valence-electron chi connectivity index (χ4n) is 8.31. The van der Waals surface area contributed by atoms with Crippen LogP contribution in [0.3, 0.4) is 0 Å². The first-order valence-electron chi connectivity index (χ1n) is 20.8. The maximum atomic E-state index is 13.8. The minimum absolute atomic E-state index is 0.00613. The van der Waals surface area contributed by atoms with Crippen molar-refractivity contribution in [3.63, 3.8) is 0 Å². The van der Waals surface area contributed by atoms with E-state index in [-0.39, 0.29) is 29.1 Å². The fourth-order valence-corrected chi connectivity index (χ4v) is 8.31. The smallest absolute Gasteiger partial charge is 0.416 e. The quantitative estimate of drug-likeness (QED) is 0.107. The highest BCUT2D eigenvalue weighted by Gasteiger charge is 2.34. The van der Waals surface area contributed by atoms with Crippen LogP contribution >= 0.6 is 0 Å². The molecule has 1 unspecified atom stereocenters. The Kier molecular flexibility index (Phi) is 14.6. The Morgan fingerprint density at radius 2 is 1.57 bits per heavy atom. The van der Waals surface area contributed by atoms with Crippen LogP contribution in [-0.2, 0) is 33.5 Å². The van der Waals surface area contributed by atoms with E-state index in [0.29, 0.717) is 11.4 Å². The van der Waals surface area contributed by atoms with E-state index < -0.39 is 54.4 Å². The number of allylic oxidation sites excluding steroid dienone is 2. The van der Waals surface area contributed by atoms with Gasteiger partial charge in [0.15, 0.2) is 5.82 Å². The van der Waals surface area contributed by atoms with Crippen molar-refractivity contribution in [2.45, 2.75) is 90.4 Å². The van der Waals surface area contributed by atoms with Crippen molar-refractivity contribution in [2.75, 3.05) is 19.0 Å². The number of nitrogens with one attached hydrogen (secondary N) is 2. The summed E-state index contributed by atoms with van der Waals surface area (Å²) in [6.07, 6.45) is 10.9. The number of amides is 3. The molecule has 1 saturated carbocycles. The van der Waals surface area contributed by atoms with Crippen LogP contribution in [0.1, 0.15) is 97.8 Å². The number of aromatic nitrogens is 2. The van der Waals surface area contributed by atoms with E-state index in [9.17, 15) is 37.5 Å². The molecule has 2 aliphatic carbocycles. The van der Waals surface area contributed by atoms with Crippen LogP contribution in [0.25, 0.3) is 17.0 Å². The summed E-state index contributed by atoms with van der Waals surface area (Å²) in [6.45, 7) is 3.15. The summed E-state index contributed by atoms with van der Waals surface area (Å²) in [5, 5.41) is 14.2. The summed E-state index contributed by atoms with van der Waals surface area (Å²) >= 11 is 0. The number of aliphatic carboxylic acids is 1. The number of methoxy groups -OCH3 is 1. The lowest BCUT2D eigenvalue weighted by molar-refractivity contribution is -0.141. The second-order valence-electron chi connectivity index (χ2n) is 16.1. The minimum Gasteiger partial charge on any atom is -0.497 e. The molecule has 3 aromatic carbocycles. The third-order valence-electron chi connectivity index (χ3n) is 12.0. The topological polar surface area (TPSA) is 151 Å². The number of nitrogens with zero attached hydrogens (tertiary/aromatic N) is 3. The molecule has 322 valence electrons. The summed E-state index contributed by atoms with van der Waals surface area (Å²) in [7, 11) is 1.25. The molecule has 1 aromatic heterocycles. The van der Waals surface area contributed by atoms with Crippen LogP contribution < -0.4 is 15.4 Å². The highest BCUT2D eigenvalue weighted by atomic mass is 19.4. The SMILES string of the molecule is CCC1CCC(C2CC=C(c3cnc(-c4ccc(CN(CC(=O)N[C@H](C)C(=O)O)C(=O)c5ccc(NC(=O)Cc6ccc(OC)cc6C(F)(F)F)cc5)cc4)nc3)CC2)CC1. The van der Waals surface area contributed by atoms with Crippen LogP contribution in [0.2, 0.25) is 0 Å². The first-order chi connectivity index (χ1) is 29.2. The molecule has 0 saturated heterocycles.